The number of hydrogen-bond donors (Lipinski definition) is 0. The fourth-order valence-electron chi connectivity index (χ4n) is 3.60. The van der Waals surface area contributed by atoms with Crippen molar-refractivity contribution in [2.75, 3.05) is 5.06 Å². The summed E-state index contributed by atoms with van der Waals surface area (Å²) in [5.41, 5.74) is 3.40. The third kappa shape index (κ3) is 2.54. The molecule has 0 aliphatic carbocycles. The molecule has 2 unspecified atom stereocenters. The van der Waals surface area contributed by atoms with Crippen LogP contribution in [0.2, 0.25) is 10.0 Å². The van der Waals surface area contributed by atoms with E-state index in [-0.39, 0.29) is 11.5 Å². The summed E-state index contributed by atoms with van der Waals surface area (Å²) in [6.45, 7) is 4.52. The number of benzene rings is 2. The molecule has 0 aromatic heterocycles. The van der Waals surface area contributed by atoms with Crippen LogP contribution in [-0.2, 0) is 11.3 Å². The lowest BCUT2D eigenvalue weighted by Crippen LogP contribution is -2.36. The topological polar surface area (TPSA) is 12.5 Å². The van der Waals surface area contributed by atoms with Crippen molar-refractivity contribution in [2.45, 2.75) is 32.4 Å². The van der Waals surface area contributed by atoms with Crippen LogP contribution in [0.15, 0.2) is 48.5 Å². The zero-order valence-electron chi connectivity index (χ0n) is 13.7. The maximum Gasteiger partial charge on any atom is 0.111 e. The Labute approximate surface area is 152 Å². The highest BCUT2D eigenvalue weighted by atomic mass is 35.5. The number of anilines is 1. The molecule has 0 amide bonds. The Morgan fingerprint density at radius 1 is 1.12 bits per heavy atom. The summed E-state index contributed by atoms with van der Waals surface area (Å²) in [5, 5.41) is 3.63. The Morgan fingerprint density at radius 2 is 1.88 bits per heavy atom. The number of fused-ring (bicyclic) bond motifs is 3. The average molecular weight is 360 g/mol. The van der Waals surface area contributed by atoms with Gasteiger partial charge in [-0.2, -0.15) is 0 Å². The Kier molecular flexibility index (Phi) is 3.87. The molecule has 2 nitrogen and oxygen atoms in total. The van der Waals surface area contributed by atoms with Gasteiger partial charge in [-0.3, -0.25) is 4.84 Å². The lowest BCUT2D eigenvalue weighted by Gasteiger charge is -2.26. The maximum atomic E-state index is 6.36. The molecule has 2 heterocycles. The van der Waals surface area contributed by atoms with Crippen LogP contribution in [0.3, 0.4) is 0 Å². The van der Waals surface area contributed by atoms with Crippen LogP contribution in [0.5, 0.6) is 0 Å². The molecule has 0 N–H and O–H groups in total. The predicted octanol–water partition coefficient (Wildman–Crippen LogP) is 5.78. The van der Waals surface area contributed by atoms with Gasteiger partial charge in [0.1, 0.15) is 6.10 Å². The summed E-state index contributed by atoms with van der Waals surface area (Å²) in [5.74, 6) is 0. The summed E-state index contributed by atoms with van der Waals surface area (Å²) in [6, 6.07) is 14.1. The molecular formula is C20H19Cl2NO. The summed E-state index contributed by atoms with van der Waals surface area (Å²) >= 11 is 12.3. The van der Waals surface area contributed by atoms with Crippen LogP contribution in [0.25, 0.3) is 6.08 Å². The summed E-state index contributed by atoms with van der Waals surface area (Å²) in [6.07, 6.45) is 5.19. The van der Waals surface area contributed by atoms with Crippen LogP contribution in [0.4, 0.5) is 5.69 Å². The maximum absolute atomic E-state index is 6.36. The van der Waals surface area contributed by atoms with Gasteiger partial charge in [-0.05, 0) is 41.8 Å². The van der Waals surface area contributed by atoms with Crippen molar-refractivity contribution < 1.29 is 4.84 Å². The van der Waals surface area contributed by atoms with Crippen molar-refractivity contribution in [3.05, 3.63) is 69.7 Å². The Hall–Kier alpha value is -1.48. The van der Waals surface area contributed by atoms with Gasteiger partial charge in [0, 0.05) is 15.5 Å². The second kappa shape index (κ2) is 5.80. The van der Waals surface area contributed by atoms with Crippen molar-refractivity contribution in [2.24, 2.45) is 5.41 Å². The first-order valence-corrected chi connectivity index (χ1v) is 8.89. The molecule has 2 atom stereocenters. The highest BCUT2D eigenvalue weighted by Crippen LogP contribution is 2.50. The van der Waals surface area contributed by atoms with Gasteiger partial charge in [-0.25, -0.2) is 5.06 Å². The van der Waals surface area contributed by atoms with Crippen LogP contribution >= 0.6 is 23.2 Å². The van der Waals surface area contributed by atoms with Gasteiger partial charge in [-0.1, -0.05) is 67.4 Å². The molecule has 1 saturated heterocycles. The zero-order valence-corrected chi connectivity index (χ0v) is 15.2. The molecule has 0 saturated carbocycles. The van der Waals surface area contributed by atoms with E-state index < -0.39 is 0 Å². The molecule has 4 rings (SSSR count). The minimum atomic E-state index is -0.00866. The normalized spacial score (nSPS) is 24.4. The van der Waals surface area contributed by atoms with Gasteiger partial charge < -0.3 is 0 Å². The van der Waals surface area contributed by atoms with E-state index in [1.807, 2.05) is 36.4 Å². The minimum absolute atomic E-state index is 0.00866. The number of nitrogens with zero attached hydrogens (tertiary/aromatic N) is 1. The Morgan fingerprint density at radius 3 is 2.62 bits per heavy atom. The minimum Gasteiger partial charge on any atom is -0.265 e. The van der Waals surface area contributed by atoms with Crippen molar-refractivity contribution in [1.82, 2.24) is 0 Å². The Balaban J connectivity index is 1.60. The van der Waals surface area contributed by atoms with E-state index in [1.54, 1.807) is 0 Å². The monoisotopic (exact) mass is 359 g/mol. The van der Waals surface area contributed by atoms with E-state index in [4.69, 9.17) is 28.0 Å². The molecule has 4 heteroatoms. The van der Waals surface area contributed by atoms with Gasteiger partial charge in [0.2, 0.25) is 0 Å². The molecule has 0 radical (unpaired) electrons. The molecule has 24 heavy (non-hydrogen) atoms. The van der Waals surface area contributed by atoms with Gasteiger partial charge in [-0.15, -0.1) is 0 Å². The third-order valence-corrected chi connectivity index (χ3v) is 5.77. The number of hydrogen-bond acceptors (Lipinski definition) is 2. The van der Waals surface area contributed by atoms with Crippen LogP contribution < -0.4 is 5.06 Å². The number of rotatable bonds is 2. The molecule has 2 aromatic rings. The SMILES string of the molecule is CC1(C)C(C=Cc2ccc(Cl)cc2)ON2c3cccc(Cl)c3CC21. The van der Waals surface area contributed by atoms with Crippen LogP contribution in [0, 0.1) is 5.41 Å². The van der Waals surface area contributed by atoms with Crippen molar-refractivity contribution in [3.63, 3.8) is 0 Å². The zero-order chi connectivity index (χ0) is 16.9. The first-order valence-electron chi connectivity index (χ1n) is 8.14. The number of hydroxylamine groups is 1. The summed E-state index contributed by atoms with van der Waals surface area (Å²) < 4.78 is 0. The van der Waals surface area contributed by atoms with Gasteiger partial charge in [0.15, 0.2) is 0 Å². The first kappa shape index (κ1) is 16.0. The summed E-state index contributed by atoms with van der Waals surface area (Å²) in [7, 11) is 0. The highest BCUT2D eigenvalue weighted by molar-refractivity contribution is 6.32. The van der Waals surface area contributed by atoms with Crippen molar-refractivity contribution in [3.8, 4) is 0 Å². The number of halogens is 2. The molecular weight excluding hydrogens is 341 g/mol. The smallest absolute Gasteiger partial charge is 0.111 e. The second-order valence-electron chi connectivity index (χ2n) is 7.04. The van der Waals surface area contributed by atoms with E-state index in [1.165, 1.54) is 5.56 Å². The average Bonchev–Trinajstić information content (AvgIpc) is 3.04. The fourth-order valence-corrected chi connectivity index (χ4v) is 3.97. The van der Waals surface area contributed by atoms with Crippen molar-refractivity contribution >= 4 is 35.0 Å². The van der Waals surface area contributed by atoms with Crippen LogP contribution in [0.1, 0.15) is 25.0 Å². The fraction of sp³-hybridized carbons (Fsp3) is 0.300. The molecule has 1 fully saturated rings. The van der Waals surface area contributed by atoms with Crippen LogP contribution in [-0.4, -0.2) is 12.1 Å². The molecule has 124 valence electrons. The van der Waals surface area contributed by atoms with E-state index in [0.717, 1.165) is 27.7 Å². The van der Waals surface area contributed by atoms with E-state index in [2.05, 4.69) is 37.1 Å². The second-order valence-corrected chi connectivity index (χ2v) is 7.88. The summed E-state index contributed by atoms with van der Waals surface area (Å²) in [4.78, 5) is 6.29. The lowest BCUT2D eigenvalue weighted by atomic mass is 9.78. The van der Waals surface area contributed by atoms with E-state index in [0.29, 0.717) is 6.04 Å². The van der Waals surface area contributed by atoms with Crippen molar-refractivity contribution in [1.29, 1.82) is 0 Å². The Bertz CT molecular complexity index is 798. The molecule has 2 aliphatic heterocycles. The molecule has 0 spiro atoms. The third-order valence-electron chi connectivity index (χ3n) is 5.16. The molecule has 2 aliphatic rings. The standard InChI is InChI=1S/C20H19Cl2NO/c1-20(2)18-12-15-16(22)4-3-5-17(15)23(18)24-19(20)11-8-13-6-9-14(21)10-7-13/h3-11,18-19H,12H2,1-2H3. The largest absolute Gasteiger partial charge is 0.265 e. The predicted molar refractivity (Wildman–Crippen MR) is 101 cm³/mol. The first-order chi connectivity index (χ1) is 11.5. The quantitative estimate of drug-likeness (QED) is 0.673. The van der Waals surface area contributed by atoms with Gasteiger partial charge in [0.25, 0.3) is 0 Å². The highest BCUT2D eigenvalue weighted by Gasteiger charge is 2.52. The van der Waals surface area contributed by atoms with E-state index >= 15 is 0 Å². The molecule has 0 bridgehead atoms. The lowest BCUT2D eigenvalue weighted by molar-refractivity contribution is 0.0849. The van der Waals surface area contributed by atoms with Gasteiger partial charge >= 0.3 is 0 Å². The molecule has 2 aromatic carbocycles. The van der Waals surface area contributed by atoms with E-state index in [9.17, 15) is 0 Å². The van der Waals surface area contributed by atoms with Gasteiger partial charge in [0.05, 0.1) is 11.7 Å².